The Kier molecular flexibility index (Phi) is 8.63. The summed E-state index contributed by atoms with van der Waals surface area (Å²) in [5.41, 5.74) is 2.34. The van der Waals surface area contributed by atoms with Gasteiger partial charge in [-0.1, -0.05) is 52.3 Å². The Hall–Kier alpha value is -4.34. The van der Waals surface area contributed by atoms with E-state index in [0.717, 1.165) is 14.9 Å². The van der Waals surface area contributed by atoms with E-state index in [1.54, 1.807) is 66.7 Å². The third-order valence-electron chi connectivity index (χ3n) is 5.87. The number of hydrogen-bond donors (Lipinski definition) is 2. The standard InChI is InChI=1S/C31H23BrN2O5S/c32-23-12-9-20(10-13-23)15-26(34-30(36)21-5-2-1-3-6-21)31(37)33-24-7-4-8-25(17-24)40-18-27(35)22-11-14-28-29(16-22)39-19-38-28/h1-17H,18-19H2,(H,33,37)(H,34,36)/b26-15-. The van der Waals surface area contributed by atoms with Gasteiger partial charge < -0.3 is 20.1 Å². The lowest BCUT2D eigenvalue weighted by molar-refractivity contribution is -0.113. The van der Waals surface area contributed by atoms with E-state index in [9.17, 15) is 14.4 Å². The molecule has 7 nitrogen and oxygen atoms in total. The van der Waals surface area contributed by atoms with E-state index >= 15 is 0 Å². The summed E-state index contributed by atoms with van der Waals surface area (Å²) in [7, 11) is 0. The van der Waals surface area contributed by atoms with Crippen LogP contribution in [-0.2, 0) is 4.79 Å². The first kappa shape index (κ1) is 27.2. The highest BCUT2D eigenvalue weighted by molar-refractivity contribution is 9.10. The van der Waals surface area contributed by atoms with Crippen molar-refractivity contribution in [1.82, 2.24) is 5.32 Å². The second kappa shape index (κ2) is 12.7. The lowest BCUT2D eigenvalue weighted by Gasteiger charge is -2.12. The topological polar surface area (TPSA) is 93.7 Å². The summed E-state index contributed by atoms with van der Waals surface area (Å²) in [6.07, 6.45) is 1.62. The summed E-state index contributed by atoms with van der Waals surface area (Å²) in [5.74, 6) is 0.462. The van der Waals surface area contributed by atoms with Crippen LogP contribution in [0.3, 0.4) is 0 Å². The first-order chi connectivity index (χ1) is 19.4. The van der Waals surface area contributed by atoms with Gasteiger partial charge in [0.05, 0.1) is 5.75 Å². The summed E-state index contributed by atoms with van der Waals surface area (Å²) >= 11 is 4.76. The summed E-state index contributed by atoms with van der Waals surface area (Å²) in [5, 5.41) is 5.59. The molecular weight excluding hydrogens is 592 g/mol. The maximum absolute atomic E-state index is 13.3. The number of fused-ring (bicyclic) bond motifs is 1. The average molecular weight is 616 g/mol. The number of thioether (sulfide) groups is 1. The highest BCUT2D eigenvalue weighted by atomic mass is 79.9. The van der Waals surface area contributed by atoms with Gasteiger partial charge in [0.25, 0.3) is 11.8 Å². The molecule has 0 saturated heterocycles. The third-order valence-corrected chi connectivity index (χ3v) is 7.39. The monoisotopic (exact) mass is 614 g/mol. The fourth-order valence-electron chi connectivity index (χ4n) is 3.83. The van der Waals surface area contributed by atoms with Gasteiger partial charge in [-0.05, 0) is 72.3 Å². The van der Waals surface area contributed by atoms with E-state index in [4.69, 9.17) is 9.47 Å². The SMILES string of the molecule is O=C(Nc1cccc(SCC(=O)c2ccc3c(c2)OCO3)c1)/C(=C/c1ccc(Br)cc1)NC(=O)c1ccccc1. The lowest BCUT2D eigenvalue weighted by Crippen LogP contribution is -2.30. The minimum Gasteiger partial charge on any atom is -0.454 e. The minimum absolute atomic E-state index is 0.0546. The van der Waals surface area contributed by atoms with Crippen molar-refractivity contribution in [3.8, 4) is 11.5 Å². The van der Waals surface area contributed by atoms with Crippen LogP contribution in [0.1, 0.15) is 26.3 Å². The van der Waals surface area contributed by atoms with Gasteiger partial charge in [0.2, 0.25) is 6.79 Å². The molecule has 0 radical (unpaired) electrons. The van der Waals surface area contributed by atoms with Gasteiger partial charge in [-0.2, -0.15) is 0 Å². The predicted octanol–water partition coefficient (Wildman–Crippen LogP) is 6.56. The second-order valence-corrected chi connectivity index (χ2v) is 10.7. The molecule has 4 aromatic rings. The molecule has 0 aromatic heterocycles. The van der Waals surface area contributed by atoms with Crippen molar-refractivity contribution in [2.24, 2.45) is 0 Å². The van der Waals surface area contributed by atoms with Crippen molar-refractivity contribution >= 4 is 57.1 Å². The molecule has 0 atom stereocenters. The quantitative estimate of drug-likeness (QED) is 0.126. The largest absolute Gasteiger partial charge is 0.454 e. The molecule has 1 aliphatic heterocycles. The fraction of sp³-hybridized carbons (Fsp3) is 0.0645. The molecule has 9 heteroatoms. The van der Waals surface area contributed by atoms with Gasteiger partial charge in [0.1, 0.15) is 5.70 Å². The Morgan fingerprint density at radius 1 is 0.825 bits per heavy atom. The number of anilines is 1. The molecule has 1 heterocycles. The second-order valence-electron chi connectivity index (χ2n) is 8.69. The van der Waals surface area contributed by atoms with Crippen LogP contribution in [0.4, 0.5) is 5.69 Å². The van der Waals surface area contributed by atoms with E-state index in [1.807, 2.05) is 36.4 Å². The van der Waals surface area contributed by atoms with E-state index in [1.165, 1.54) is 11.8 Å². The Labute approximate surface area is 243 Å². The number of hydrogen-bond acceptors (Lipinski definition) is 6. The highest BCUT2D eigenvalue weighted by Gasteiger charge is 2.17. The normalized spacial score (nSPS) is 12.1. The maximum Gasteiger partial charge on any atom is 0.272 e. The third kappa shape index (κ3) is 6.99. The smallest absolute Gasteiger partial charge is 0.272 e. The van der Waals surface area contributed by atoms with Gasteiger partial charge in [-0.3, -0.25) is 14.4 Å². The number of benzene rings is 4. The molecule has 200 valence electrons. The summed E-state index contributed by atoms with van der Waals surface area (Å²) < 4.78 is 11.6. The van der Waals surface area contributed by atoms with Gasteiger partial charge in [0.15, 0.2) is 17.3 Å². The van der Waals surface area contributed by atoms with Gasteiger partial charge >= 0.3 is 0 Å². The molecule has 0 aliphatic carbocycles. The van der Waals surface area contributed by atoms with Crippen molar-refractivity contribution in [1.29, 1.82) is 0 Å². The van der Waals surface area contributed by atoms with Crippen LogP contribution in [0.25, 0.3) is 6.08 Å². The maximum atomic E-state index is 13.3. The van der Waals surface area contributed by atoms with Crippen molar-refractivity contribution in [3.63, 3.8) is 0 Å². The molecule has 0 unspecified atom stereocenters. The van der Waals surface area contributed by atoms with Gasteiger partial charge in [-0.25, -0.2) is 0 Å². The molecule has 2 N–H and O–H groups in total. The molecule has 0 spiro atoms. The minimum atomic E-state index is -0.481. The number of halogens is 1. The van der Waals surface area contributed by atoms with Crippen molar-refractivity contribution in [2.45, 2.75) is 4.90 Å². The van der Waals surface area contributed by atoms with Crippen LogP contribution in [0, 0.1) is 0 Å². The number of nitrogens with one attached hydrogen (secondary N) is 2. The van der Waals surface area contributed by atoms with Crippen molar-refractivity contribution in [3.05, 3.63) is 124 Å². The van der Waals surface area contributed by atoms with E-state index < -0.39 is 11.8 Å². The average Bonchev–Trinajstić information content (AvgIpc) is 3.45. The lowest BCUT2D eigenvalue weighted by atomic mass is 10.1. The Morgan fingerprint density at radius 2 is 1.60 bits per heavy atom. The van der Waals surface area contributed by atoms with Crippen molar-refractivity contribution < 1.29 is 23.9 Å². The van der Waals surface area contributed by atoms with Crippen LogP contribution < -0.4 is 20.1 Å². The fourth-order valence-corrected chi connectivity index (χ4v) is 4.95. The highest BCUT2D eigenvalue weighted by Crippen LogP contribution is 2.33. The Bertz CT molecular complexity index is 1590. The first-order valence-corrected chi connectivity index (χ1v) is 14.0. The van der Waals surface area contributed by atoms with E-state index in [2.05, 4.69) is 26.6 Å². The Morgan fingerprint density at radius 3 is 2.40 bits per heavy atom. The summed E-state index contributed by atoms with van der Waals surface area (Å²) in [4.78, 5) is 39.7. The van der Waals surface area contributed by atoms with Crippen LogP contribution >= 0.6 is 27.7 Å². The zero-order valence-electron chi connectivity index (χ0n) is 21.1. The molecule has 0 fully saturated rings. The number of ether oxygens (including phenoxy) is 2. The number of rotatable bonds is 9. The number of ketones is 1. The molecule has 1 aliphatic rings. The van der Waals surface area contributed by atoms with Crippen LogP contribution in [-0.4, -0.2) is 30.1 Å². The summed E-state index contributed by atoms with van der Waals surface area (Å²) in [6, 6.07) is 28.4. The first-order valence-electron chi connectivity index (χ1n) is 12.3. The molecule has 2 amide bonds. The molecule has 0 bridgehead atoms. The van der Waals surface area contributed by atoms with E-state index in [0.29, 0.717) is 28.3 Å². The van der Waals surface area contributed by atoms with Gasteiger partial charge in [-0.15, -0.1) is 11.8 Å². The van der Waals surface area contributed by atoms with Crippen LogP contribution in [0.2, 0.25) is 0 Å². The number of carbonyl (C=O) groups excluding carboxylic acids is 3. The summed E-state index contributed by atoms with van der Waals surface area (Å²) in [6.45, 7) is 0.149. The van der Waals surface area contributed by atoms with Crippen molar-refractivity contribution in [2.75, 3.05) is 17.9 Å². The molecule has 0 saturated carbocycles. The van der Waals surface area contributed by atoms with E-state index in [-0.39, 0.29) is 24.0 Å². The van der Waals surface area contributed by atoms with Gasteiger partial charge in [0, 0.05) is 26.2 Å². The predicted molar refractivity (Wildman–Crippen MR) is 159 cm³/mol. The molecular formula is C31H23BrN2O5S. The zero-order chi connectivity index (χ0) is 27.9. The number of carbonyl (C=O) groups is 3. The molecule has 4 aromatic carbocycles. The Balaban J connectivity index is 1.28. The van der Waals surface area contributed by atoms with Crippen LogP contribution in [0.5, 0.6) is 11.5 Å². The zero-order valence-corrected chi connectivity index (χ0v) is 23.5. The molecule has 40 heavy (non-hydrogen) atoms. The number of amides is 2. The van der Waals surface area contributed by atoms with Crippen LogP contribution in [0.15, 0.2) is 112 Å². The molecule has 5 rings (SSSR count). The number of Topliss-reactive ketones (excluding diaryl/α,β-unsaturated/α-hetero) is 1.